The number of likely N-dealkylation sites (tertiary alicyclic amines) is 1. The molecule has 4 atom stereocenters. The zero-order valence-corrected chi connectivity index (χ0v) is 15.1. The molecule has 0 unspecified atom stereocenters. The van der Waals surface area contributed by atoms with Gasteiger partial charge in [-0.1, -0.05) is 0 Å². The highest BCUT2D eigenvalue weighted by molar-refractivity contribution is 4.99. The Morgan fingerprint density at radius 1 is 0.958 bits per heavy atom. The van der Waals surface area contributed by atoms with Crippen LogP contribution in [0.5, 0.6) is 0 Å². The van der Waals surface area contributed by atoms with Gasteiger partial charge in [0.05, 0.1) is 18.8 Å². The minimum atomic E-state index is -0.609. The van der Waals surface area contributed by atoms with Crippen LogP contribution in [0.1, 0.15) is 12.8 Å². The van der Waals surface area contributed by atoms with E-state index in [1.807, 2.05) is 0 Å². The number of hydrogen-bond donors (Lipinski definition) is 3. The smallest absolute Gasteiger partial charge is 0.109 e. The van der Waals surface area contributed by atoms with Gasteiger partial charge in [0.15, 0.2) is 0 Å². The molecule has 3 heterocycles. The quantitative estimate of drug-likeness (QED) is 0.556. The van der Waals surface area contributed by atoms with Crippen LogP contribution in [-0.4, -0.2) is 122 Å². The van der Waals surface area contributed by atoms with Crippen LogP contribution in [0.25, 0.3) is 0 Å². The molecule has 0 aromatic carbocycles. The van der Waals surface area contributed by atoms with E-state index in [9.17, 15) is 10.2 Å². The largest absolute Gasteiger partial charge is 0.394 e. The molecule has 0 bridgehead atoms. The van der Waals surface area contributed by atoms with Crippen molar-refractivity contribution in [3.63, 3.8) is 0 Å². The van der Waals surface area contributed by atoms with E-state index in [1.54, 1.807) is 0 Å². The van der Waals surface area contributed by atoms with Gasteiger partial charge in [0.2, 0.25) is 0 Å². The molecule has 140 valence electrons. The Balaban J connectivity index is 1.56. The minimum absolute atomic E-state index is 0.0189. The third-order valence-electron chi connectivity index (χ3n) is 5.93. The summed E-state index contributed by atoms with van der Waals surface area (Å²) in [4.78, 5) is 7.03. The van der Waals surface area contributed by atoms with Crippen LogP contribution < -0.4 is 5.32 Å². The summed E-state index contributed by atoms with van der Waals surface area (Å²) >= 11 is 0. The van der Waals surface area contributed by atoms with Gasteiger partial charge in [0, 0.05) is 38.8 Å². The lowest BCUT2D eigenvalue weighted by Gasteiger charge is -2.39. The van der Waals surface area contributed by atoms with E-state index in [-0.39, 0.29) is 18.8 Å². The molecule has 3 rings (SSSR count). The number of aliphatic hydroxyl groups excluding tert-OH is 2. The third-order valence-corrected chi connectivity index (χ3v) is 5.93. The van der Waals surface area contributed by atoms with Gasteiger partial charge in [-0.05, 0) is 40.0 Å². The number of nitrogens with one attached hydrogen (secondary N) is 1. The van der Waals surface area contributed by atoms with Gasteiger partial charge in [0.1, 0.15) is 12.2 Å². The van der Waals surface area contributed by atoms with Crippen LogP contribution in [0.2, 0.25) is 0 Å². The Kier molecular flexibility index (Phi) is 6.48. The topological polar surface area (TPSA) is 71.4 Å². The predicted octanol–water partition coefficient (Wildman–Crippen LogP) is -1.59. The first kappa shape index (κ1) is 18.5. The number of likely N-dealkylation sites (N-methyl/N-ethyl adjacent to an activating group) is 1. The van der Waals surface area contributed by atoms with Crippen LogP contribution in [0.4, 0.5) is 0 Å². The van der Waals surface area contributed by atoms with Gasteiger partial charge in [-0.2, -0.15) is 0 Å². The number of ether oxygens (including phenoxy) is 1. The molecular weight excluding hydrogens is 308 g/mol. The first-order valence-electron chi connectivity index (χ1n) is 9.37. The maximum atomic E-state index is 10.6. The lowest BCUT2D eigenvalue weighted by Crippen LogP contribution is -2.57. The Bertz CT molecular complexity index is 384. The second-order valence-corrected chi connectivity index (χ2v) is 7.70. The number of aliphatic hydroxyl groups is 2. The van der Waals surface area contributed by atoms with E-state index in [4.69, 9.17) is 4.74 Å². The summed E-state index contributed by atoms with van der Waals surface area (Å²) in [5.74, 6) is 0. The maximum Gasteiger partial charge on any atom is 0.109 e. The normalized spacial score (nSPS) is 38.0. The summed E-state index contributed by atoms with van der Waals surface area (Å²) in [6.07, 6.45) is 1.20. The van der Waals surface area contributed by atoms with E-state index in [2.05, 4.69) is 34.1 Å². The van der Waals surface area contributed by atoms with Crippen LogP contribution in [0.3, 0.4) is 0 Å². The monoisotopic (exact) mass is 342 g/mol. The average molecular weight is 342 g/mol. The Morgan fingerprint density at radius 2 is 1.58 bits per heavy atom. The molecule has 0 radical (unpaired) electrons. The van der Waals surface area contributed by atoms with E-state index in [0.717, 1.165) is 58.7 Å². The summed E-state index contributed by atoms with van der Waals surface area (Å²) in [6, 6.07) is 0.512. The fraction of sp³-hybridized carbons (Fsp3) is 1.00. The van der Waals surface area contributed by atoms with E-state index in [0.29, 0.717) is 6.04 Å². The van der Waals surface area contributed by atoms with Crippen LogP contribution >= 0.6 is 0 Å². The van der Waals surface area contributed by atoms with E-state index >= 15 is 0 Å². The maximum absolute atomic E-state index is 10.6. The molecular formula is C17H34N4O3. The third kappa shape index (κ3) is 4.27. The molecule has 0 aromatic rings. The Labute approximate surface area is 145 Å². The highest BCUT2D eigenvalue weighted by Gasteiger charge is 2.46. The van der Waals surface area contributed by atoms with Gasteiger partial charge in [0.25, 0.3) is 0 Å². The summed E-state index contributed by atoms with van der Waals surface area (Å²) in [5, 5.41) is 23.8. The Hall–Kier alpha value is -0.280. The van der Waals surface area contributed by atoms with Gasteiger partial charge < -0.3 is 30.1 Å². The van der Waals surface area contributed by atoms with Crippen molar-refractivity contribution in [1.82, 2.24) is 20.0 Å². The summed E-state index contributed by atoms with van der Waals surface area (Å²) in [7, 11) is 4.30. The van der Waals surface area contributed by atoms with Crippen molar-refractivity contribution in [3.8, 4) is 0 Å². The number of nitrogens with zero attached hydrogens (tertiary/aromatic N) is 3. The highest BCUT2D eigenvalue weighted by atomic mass is 16.5. The number of hydrogen-bond acceptors (Lipinski definition) is 7. The SMILES string of the molecule is CN1CCC(NC[C@H]2O[C@@H](CO)[C@@H](O)[C@H]2N2CCN(C)CC2)CC1. The molecule has 3 fully saturated rings. The molecule has 3 saturated heterocycles. The standard InChI is InChI=1S/C17H34N4O3/c1-19-5-3-13(4-6-19)18-11-14-16(17(23)15(12-22)24-14)21-9-7-20(2)8-10-21/h13-18,22-23H,3-12H2,1-2H3/t14-,15+,16+,17-/m1/s1. The number of piperidine rings is 1. The average Bonchev–Trinajstić information content (AvgIpc) is 2.91. The summed E-state index contributed by atoms with van der Waals surface area (Å²) in [6.45, 7) is 6.83. The van der Waals surface area contributed by atoms with Crippen molar-refractivity contribution in [1.29, 1.82) is 0 Å². The van der Waals surface area contributed by atoms with E-state index in [1.165, 1.54) is 0 Å². The summed E-state index contributed by atoms with van der Waals surface area (Å²) < 4.78 is 6.00. The lowest BCUT2D eigenvalue weighted by atomic mass is 10.0. The molecule has 0 amide bonds. The fourth-order valence-electron chi connectivity index (χ4n) is 4.21. The summed E-state index contributed by atoms with van der Waals surface area (Å²) in [5.41, 5.74) is 0. The molecule has 3 aliphatic heterocycles. The van der Waals surface area contributed by atoms with Crippen LogP contribution in [-0.2, 0) is 4.74 Å². The van der Waals surface area contributed by atoms with Crippen molar-refractivity contribution in [2.75, 3.05) is 66.5 Å². The first-order chi connectivity index (χ1) is 11.6. The highest BCUT2D eigenvalue weighted by Crippen LogP contribution is 2.26. The van der Waals surface area contributed by atoms with Gasteiger partial charge in [-0.25, -0.2) is 0 Å². The molecule has 0 aromatic heterocycles. The molecule has 24 heavy (non-hydrogen) atoms. The fourth-order valence-corrected chi connectivity index (χ4v) is 4.21. The molecule has 3 aliphatic rings. The van der Waals surface area contributed by atoms with Crippen molar-refractivity contribution in [2.24, 2.45) is 0 Å². The van der Waals surface area contributed by atoms with Crippen molar-refractivity contribution in [3.05, 3.63) is 0 Å². The molecule has 3 N–H and O–H groups in total. The van der Waals surface area contributed by atoms with Gasteiger partial charge >= 0.3 is 0 Å². The van der Waals surface area contributed by atoms with Crippen molar-refractivity contribution in [2.45, 2.75) is 43.2 Å². The molecule has 0 spiro atoms. The molecule has 0 aliphatic carbocycles. The molecule has 0 saturated carbocycles. The van der Waals surface area contributed by atoms with Gasteiger partial charge in [-0.3, -0.25) is 4.90 Å². The Morgan fingerprint density at radius 3 is 2.21 bits per heavy atom. The van der Waals surface area contributed by atoms with E-state index < -0.39 is 12.2 Å². The molecule has 7 nitrogen and oxygen atoms in total. The predicted molar refractivity (Wildman–Crippen MR) is 93.1 cm³/mol. The number of piperazine rings is 1. The zero-order chi connectivity index (χ0) is 17.1. The second-order valence-electron chi connectivity index (χ2n) is 7.70. The van der Waals surface area contributed by atoms with Crippen LogP contribution in [0, 0.1) is 0 Å². The van der Waals surface area contributed by atoms with Crippen LogP contribution in [0.15, 0.2) is 0 Å². The molecule has 7 heteroatoms. The second kappa shape index (κ2) is 8.40. The van der Waals surface area contributed by atoms with Gasteiger partial charge in [-0.15, -0.1) is 0 Å². The van der Waals surface area contributed by atoms with Crippen molar-refractivity contribution >= 4 is 0 Å². The number of rotatable bonds is 5. The first-order valence-corrected chi connectivity index (χ1v) is 9.37. The zero-order valence-electron chi connectivity index (χ0n) is 15.1. The minimum Gasteiger partial charge on any atom is -0.394 e. The lowest BCUT2D eigenvalue weighted by molar-refractivity contribution is -0.0222. The van der Waals surface area contributed by atoms with Crippen molar-refractivity contribution < 1.29 is 14.9 Å².